The molecular weight excluding hydrogens is 238 g/mol. The molecule has 17 heavy (non-hydrogen) atoms. The first kappa shape index (κ1) is 14.4. The summed E-state index contributed by atoms with van der Waals surface area (Å²) in [6.07, 6.45) is 3.96. The van der Waals surface area contributed by atoms with E-state index in [1.54, 1.807) is 6.92 Å². The minimum atomic E-state index is -0.167. The largest absolute Gasteiger partial charge is 0.465 e. The maximum atomic E-state index is 11.7. The summed E-state index contributed by atoms with van der Waals surface area (Å²) in [5.41, 5.74) is 0. The summed E-state index contributed by atoms with van der Waals surface area (Å²) in [7, 11) is 0. The average Bonchev–Trinajstić information content (AvgIpc) is 2.50. The van der Waals surface area contributed by atoms with Crippen molar-refractivity contribution in [3.8, 4) is 0 Å². The maximum absolute atomic E-state index is 11.7. The summed E-state index contributed by atoms with van der Waals surface area (Å²) in [4.78, 5) is 24.7. The zero-order valence-electron chi connectivity index (χ0n) is 10.4. The molecule has 0 unspecified atom stereocenters. The van der Waals surface area contributed by atoms with Gasteiger partial charge in [0.15, 0.2) is 0 Å². The van der Waals surface area contributed by atoms with Gasteiger partial charge in [-0.2, -0.15) is 0 Å². The Hall–Kier alpha value is -0.710. The number of amides is 1. The molecule has 1 rings (SSSR count). The van der Waals surface area contributed by atoms with Crippen LogP contribution in [0.5, 0.6) is 0 Å². The van der Waals surface area contributed by atoms with Crippen LogP contribution in [0.2, 0.25) is 0 Å². The molecule has 0 aliphatic carbocycles. The molecule has 0 saturated carbocycles. The number of carbonyl (C=O) groups is 2. The quantitative estimate of drug-likeness (QED) is 0.538. The lowest BCUT2D eigenvalue weighted by atomic mass is 10.2. The molecule has 0 bridgehead atoms. The van der Waals surface area contributed by atoms with Crippen LogP contribution >= 0.6 is 11.8 Å². The van der Waals surface area contributed by atoms with Gasteiger partial charge in [0, 0.05) is 25.3 Å². The SMILES string of the molecule is CCOC(=O)CSCCN1CCCCCC1=O. The highest BCUT2D eigenvalue weighted by atomic mass is 32.2. The maximum Gasteiger partial charge on any atom is 0.315 e. The van der Waals surface area contributed by atoms with E-state index in [9.17, 15) is 9.59 Å². The minimum absolute atomic E-state index is 0.167. The fourth-order valence-corrected chi connectivity index (χ4v) is 2.55. The second-order valence-corrected chi connectivity index (χ2v) is 5.15. The van der Waals surface area contributed by atoms with Gasteiger partial charge in [-0.05, 0) is 19.8 Å². The highest BCUT2D eigenvalue weighted by Gasteiger charge is 2.15. The van der Waals surface area contributed by atoms with Crippen LogP contribution in [0.25, 0.3) is 0 Å². The molecule has 0 aromatic carbocycles. The number of hydrogen-bond acceptors (Lipinski definition) is 4. The molecule has 0 radical (unpaired) electrons. The van der Waals surface area contributed by atoms with E-state index in [2.05, 4.69) is 0 Å². The zero-order chi connectivity index (χ0) is 12.5. The molecule has 0 spiro atoms. The lowest BCUT2D eigenvalue weighted by Gasteiger charge is -2.19. The molecule has 4 nitrogen and oxygen atoms in total. The fourth-order valence-electron chi connectivity index (χ4n) is 1.81. The zero-order valence-corrected chi connectivity index (χ0v) is 11.3. The van der Waals surface area contributed by atoms with Gasteiger partial charge in [0.25, 0.3) is 0 Å². The van der Waals surface area contributed by atoms with Crippen LogP contribution in [0.3, 0.4) is 0 Å². The summed E-state index contributed by atoms with van der Waals surface area (Å²) in [5.74, 6) is 1.29. The van der Waals surface area contributed by atoms with Crippen molar-refractivity contribution in [1.82, 2.24) is 4.90 Å². The third-order valence-electron chi connectivity index (χ3n) is 2.70. The van der Waals surface area contributed by atoms with E-state index >= 15 is 0 Å². The van der Waals surface area contributed by atoms with Crippen LogP contribution in [0, 0.1) is 0 Å². The molecule has 1 aliphatic heterocycles. The Morgan fingerprint density at radius 3 is 3.00 bits per heavy atom. The molecule has 0 aromatic rings. The first-order chi connectivity index (χ1) is 8.24. The van der Waals surface area contributed by atoms with E-state index < -0.39 is 0 Å². The molecule has 0 atom stereocenters. The van der Waals surface area contributed by atoms with Crippen molar-refractivity contribution in [2.45, 2.75) is 32.6 Å². The molecule has 1 fully saturated rings. The molecule has 98 valence electrons. The Labute approximate surface area is 107 Å². The Kier molecular flexibility index (Phi) is 7.08. The average molecular weight is 259 g/mol. The summed E-state index contributed by atoms with van der Waals surface area (Å²) < 4.78 is 4.83. The van der Waals surface area contributed by atoms with Crippen LogP contribution < -0.4 is 0 Å². The van der Waals surface area contributed by atoms with Crippen LogP contribution in [-0.4, -0.2) is 48.0 Å². The van der Waals surface area contributed by atoms with Gasteiger partial charge in [-0.1, -0.05) is 6.42 Å². The van der Waals surface area contributed by atoms with Crippen molar-refractivity contribution in [3.05, 3.63) is 0 Å². The van der Waals surface area contributed by atoms with E-state index in [0.717, 1.165) is 38.1 Å². The van der Waals surface area contributed by atoms with Gasteiger partial charge in [-0.15, -0.1) is 11.8 Å². The predicted octanol–water partition coefficient (Wildman–Crippen LogP) is 1.69. The van der Waals surface area contributed by atoms with Crippen LogP contribution in [0.4, 0.5) is 0 Å². The molecular formula is C12H21NO3S. The van der Waals surface area contributed by atoms with E-state index in [4.69, 9.17) is 4.74 Å². The van der Waals surface area contributed by atoms with Crippen LogP contribution in [0.15, 0.2) is 0 Å². The molecule has 1 amide bonds. The molecule has 1 saturated heterocycles. The Morgan fingerprint density at radius 1 is 1.41 bits per heavy atom. The molecule has 1 heterocycles. The second kappa shape index (κ2) is 8.39. The smallest absolute Gasteiger partial charge is 0.315 e. The summed E-state index contributed by atoms with van der Waals surface area (Å²) in [6, 6.07) is 0. The first-order valence-electron chi connectivity index (χ1n) is 6.25. The lowest BCUT2D eigenvalue weighted by Crippen LogP contribution is -2.32. The second-order valence-electron chi connectivity index (χ2n) is 4.05. The Bertz CT molecular complexity index is 258. The molecule has 5 heteroatoms. The number of carbonyl (C=O) groups excluding carboxylic acids is 2. The number of hydrogen-bond donors (Lipinski definition) is 0. The summed E-state index contributed by atoms with van der Waals surface area (Å²) >= 11 is 1.54. The number of esters is 1. The third kappa shape index (κ3) is 5.96. The van der Waals surface area contributed by atoms with Crippen molar-refractivity contribution in [1.29, 1.82) is 0 Å². The van der Waals surface area contributed by atoms with Crippen molar-refractivity contribution in [2.24, 2.45) is 0 Å². The number of thioether (sulfide) groups is 1. The van der Waals surface area contributed by atoms with E-state index in [-0.39, 0.29) is 11.9 Å². The molecule has 0 aromatic heterocycles. The number of likely N-dealkylation sites (tertiary alicyclic amines) is 1. The van der Waals surface area contributed by atoms with Gasteiger partial charge in [0.05, 0.1) is 12.4 Å². The van der Waals surface area contributed by atoms with Crippen molar-refractivity contribution in [2.75, 3.05) is 31.2 Å². The lowest BCUT2D eigenvalue weighted by molar-refractivity contribution is -0.139. The van der Waals surface area contributed by atoms with Gasteiger partial charge in [0.2, 0.25) is 5.91 Å². The predicted molar refractivity (Wildman–Crippen MR) is 69.0 cm³/mol. The normalized spacial score (nSPS) is 16.8. The van der Waals surface area contributed by atoms with Gasteiger partial charge in [-0.3, -0.25) is 9.59 Å². The number of nitrogens with zero attached hydrogens (tertiary/aromatic N) is 1. The first-order valence-corrected chi connectivity index (χ1v) is 7.40. The Morgan fingerprint density at radius 2 is 2.24 bits per heavy atom. The number of ether oxygens (including phenoxy) is 1. The van der Waals surface area contributed by atoms with Crippen molar-refractivity contribution >= 4 is 23.6 Å². The fraction of sp³-hybridized carbons (Fsp3) is 0.833. The van der Waals surface area contributed by atoms with E-state index in [0.29, 0.717) is 18.8 Å². The topological polar surface area (TPSA) is 46.6 Å². The molecule has 1 aliphatic rings. The standard InChI is InChI=1S/C12H21NO3S/c1-2-16-12(15)10-17-9-8-13-7-5-3-4-6-11(13)14/h2-10H2,1H3. The van der Waals surface area contributed by atoms with Gasteiger partial charge in [-0.25, -0.2) is 0 Å². The van der Waals surface area contributed by atoms with Crippen LogP contribution in [-0.2, 0) is 14.3 Å². The Balaban J connectivity index is 2.12. The minimum Gasteiger partial charge on any atom is -0.465 e. The van der Waals surface area contributed by atoms with Crippen molar-refractivity contribution < 1.29 is 14.3 Å². The number of rotatable bonds is 6. The monoisotopic (exact) mass is 259 g/mol. The third-order valence-corrected chi connectivity index (χ3v) is 3.61. The highest BCUT2D eigenvalue weighted by molar-refractivity contribution is 7.99. The van der Waals surface area contributed by atoms with E-state index in [1.165, 1.54) is 11.8 Å². The van der Waals surface area contributed by atoms with Crippen molar-refractivity contribution in [3.63, 3.8) is 0 Å². The van der Waals surface area contributed by atoms with E-state index in [1.807, 2.05) is 4.90 Å². The summed E-state index contributed by atoms with van der Waals surface area (Å²) in [6.45, 7) is 3.87. The summed E-state index contributed by atoms with van der Waals surface area (Å²) in [5, 5.41) is 0. The highest BCUT2D eigenvalue weighted by Crippen LogP contribution is 2.12. The van der Waals surface area contributed by atoms with Gasteiger partial charge in [0.1, 0.15) is 0 Å². The van der Waals surface area contributed by atoms with Crippen LogP contribution in [0.1, 0.15) is 32.6 Å². The van der Waals surface area contributed by atoms with Gasteiger partial charge >= 0.3 is 5.97 Å². The van der Waals surface area contributed by atoms with Gasteiger partial charge < -0.3 is 9.64 Å². The molecule has 0 N–H and O–H groups in total.